The first-order chi connectivity index (χ1) is 6.83. The topological polar surface area (TPSA) is 45.3 Å². The molecule has 4 fully saturated rings. The molecule has 2 saturated heterocycles. The van der Waals surface area contributed by atoms with Gasteiger partial charge < -0.3 is 14.6 Å². The summed E-state index contributed by atoms with van der Waals surface area (Å²) >= 11 is 0. The third-order valence-electron chi connectivity index (χ3n) is 4.72. The van der Waals surface area contributed by atoms with Crippen LogP contribution < -0.4 is 0 Å². The molecule has 2 heterocycles. The molecule has 2 aliphatic carbocycles. The fraction of sp³-hybridized carbons (Fsp3) is 1.00. The zero-order chi connectivity index (χ0) is 9.34. The molecule has 0 radical (unpaired) electrons. The normalized spacial score (nSPS) is 64.5. The lowest BCUT2D eigenvalue weighted by molar-refractivity contribution is -0.0206. The molecule has 2 saturated carbocycles. The number of ether oxygens (including phenoxy) is 2. The summed E-state index contributed by atoms with van der Waals surface area (Å²) in [7, 11) is 0. The highest BCUT2D eigenvalue weighted by Gasteiger charge is 2.72. The molecule has 0 aromatic carbocycles. The Morgan fingerprint density at radius 1 is 1.14 bits per heavy atom. The van der Waals surface area contributed by atoms with Crippen molar-refractivity contribution in [2.45, 2.75) is 49.6 Å². The van der Waals surface area contributed by atoms with Crippen LogP contribution in [0, 0.1) is 11.8 Å². The van der Waals surface area contributed by atoms with Gasteiger partial charge >= 0.3 is 0 Å². The van der Waals surface area contributed by atoms with Crippen molar-refractivity contribution < 1.29 is 14.6 Å². The minimum atomic E-state index is -0.341. The summed E-state index contributed by atoms with van der Waals surface area (Å²) in [5.74, 6) is 1.26. The number of aliphatic hydroxyl groups is 1. The van der Waals surface area contributed by atoms with Crippen molar-refractivity contribution in [2.75, 3.05) is 6.61 Å². The Morgan fingerprint density at radius 2 is 1.93 bits per heavy atom. The van der Waals surface area contributed by atoms with Crippen LogP contribution in [0.3, 0.4) is 0 Å². The predicted molar refractivity (Wildman–Crippen MR) is 48.8 cm³/mol. The van der Waals surface area contributed by atoms with E-state index in [2.05, 4.69) is 0 Å². The van der Waals surface area contributed by atoms with Gasteiger partial charge in [-0.2, -0.15) is 0 Å². The highest BCUT2D eigenvalue weighted by molar-refractivity contribution is 5.19. The molecular formula is C11H16O3. The Bertz CT molecular complexity index is 274. The van der Waals surface area contributed by atoms with E-state index in [9.17, 15) is 5.11 Å². The van der Waals surface area contributed by atoms with Crippen LogP contribution in [0.5, 0.6) is 0 Å². The molecule has 0 amide bonds. The van der Waals surface area contributed by atoms with Gasteiger partial charge in [0.25, 0.3) is 0 Å². The summed E-state index contributed by atoms with van der Waals surface area (Å²) in [6, 6.07) is 0. The van der Waals surface area contributed by atoms with Crippen LogP contribution in [0.4, 0.5) is 0 Å². The first kappa shape index (κ1) is 8.08. The average molecular weight is 196 g/mol. The van der Waals surface area contributed by atoms with Gasteiger partial charge in [-0.1, -0.05) is 12.8 Å². The summed E-state index contributed by atoms with van der Waals surface area (Å²) in [6.45, 7) is 0.766. The van der Waals surface area contributed by atoms with Crippen LogP contribution >= 0.6 is 0 Å². The fourth-order valence-corrected chi connectivity index (χ4v) is 3.86. The van der Waals surface area contributed by atoms with E-state index in [1.54, 1.807) is 0 Å². The lowest BCUT2D eigenvalue weighted by atomic mass is 9.64. The molecule has 2 aliphatic heterocycles. The third kappa shape index (κ3) is 0.802. The van der Waals surface area contributed by atoms with E-state index < -0.39 is 0 Å². The molecule has 3 heteroatoms. The highest BCUT2D eigenvalue weighted by Crippen LogP contribution is 2.59. The first-order valence-electron chi connectivity index (χ1n) is 5.80. The lowest BCUT2D eigenvalue weighted by Crippen LogP contribution is -2.51. The van der Waals surface area contributed by atoms with Crippen molar-refractivity contribution in [2.24, 2.45) is 11.8 Å². The first-order valence-corrected chi connectivity index (χ1v) is 5.80. The molecule has 1 N–H and O–H groups in total. The van der Waals surface area contributed by atoms with Gasteiger partial charge in [-0.15, -0.1) is 0 Å². The van der Waals surface area contributed by atoms with Crippen LogP contribution in [-0.4, -0.2) is 35.6 Å². The SMILES string of the molecule is OC1C2OC2C2CCCCC2C12CO2. The van der Waals surface area contributed by atoms with Gasteiger partial charge in [0.1, 0.15) is 17.8 Å². The van der Waals surface area contributed by atoms with Crippen LogP contribution in [0.25, 0.3) is 0 Å². The van der Waals surface area contributed by atoms with Crippen LogP contribution in [0.15, 0.2) is 0 Å². The van der Waals surface area contributed by atoms with E-state index in [0.717, 1.165) is 6.61 Å². The van der Waals surface area contributed by atoms with Gasteiger partial charge in [-0.25, -0.2) is 0 Å². The van der Waals surface area contributed by atoms with Gasteiger partial charge in [-0.05, 0) is 24.7 Å². The van der Waals surface area contributed by atoms with Gasteiger partial charge in [-0.3, -0.25) is 0 Å². The number of epoxide rings is 2. The second-order valence-electron chi connectivity index (χ2n) is 5.31. The summed E-state index contributed by atoms with van der Waals surface area (Å²) in [6.07, 6.45) is 5.28. The molecule has 0 aromatic rings. The van der Waals surface area contributed by atoms with Crippen molar-refractivity contribution in [3.05, 3.63) is 0 Å². The summed E-state index contributed by atoms with van der Waals surface area (Å²) in [5, 5.41) is 10.1. The Hall–Kier alpha value is -0.120. The third-order valence-corrected chi connectivity index (χ3v) is 4.72. The minimum Gasteiger partial charge on any atom is -0.387 e. The standard InChI is InChI=1S/C11H16O3/c12-10-9-8(14-9)6-3-1-2-4-7(6)11(10)5-13-11/h6-10,12H,1-5H2. The monoisotopic (exact) mass is 196 g/mol. The van der Waals surface area contributed by atoms with E-state index in [1.807, 2.05) is 0 Å². The van der Waals surface area contributed by atoms with E-state index in [0.29, 0.717) is 17.9 Å². The van der Waals surface area contributed by atoms with Crippen LogP contribution in [-0.2, 0) is 9.47 Å². The van der Waals surface area contributed by atoms with Crippen molar-refractivity contribution in [3.8, 4) is 0 Å². The number of hydrogen-bond donors (Lipinski definition) is 1. The minimum absolute atomic E-state index is 0.108. The van der Waals surface area contributed by atoms with E-state index >= 15 is 0 Å². The zero-order valence-corrected chi connectivity index (χ0v) is 8.19. The number of hydrogen-bond acceptors (Lipinski definition) is 3. The largest absolute Gasteiger partial charge is 0.387 e. The Kier molecular flexibility index (Phi) is 1.35. The van der Waals surface area contributed by atoms with Gasteiger partial charge in [0.15, 0.2) is 0 Å². The molecule has 6 unspecified atom stereocenters. The predicted octanol–water partition coefficient (Wildman–Crippen LogP) is 0.704. The molecule has 4 rings (SSSR count). The number of aliphatic hydroxyl groups excluding tert-OH is 1. The zero-order valence-electron chi connectivity index (χ0n) is 8.19. The van der Waals surface area contributed by atoms with Crippen LogP contribution in [0.2, 0.25) is 0 Å². The summed E-state index contributed by atoms with van der Waals surface area (Å²) in [5.41, 5.74) is -0.178. The lowest BCUT2D eigenvalue weighted by Gasteiger charge is -2.39. The molecule has 78 valence electrons. The molecule has 1 spiro atoms. The van der Waals surface area contributed by atoms with Gasteiger partial charge in [0.2, 0.25) is 0 Å². The number of rotatable bonds is 0. The van der Waals surface area contributed by atoms with Crippen LogP contribution in [0.1, 0.15) is 25.7 Å². The van der Waals surface area contributed by atoms with Crippen molar-refractivity contribution >= 4 is 0 Å². The molecule has 6 atom stereocenters. The summed E-state index contributed by atoms with van der Waals surface area (Å²) in [4.78, 5) is 0. The fourth-order valence-electron chi connectivity index (χ4n) is 3.86. The molecule has 3 nitrogen and oxygen atoms in total. The second-order valence-corrected chi connectivity index (χ2v) is 5.31. The van der Waals surface area contributed by atoms with E-state index in [4.69, 9.17) is 9.47 Å². The number of fused-ring (bicyclic) bond motifs is 4. The maximum Gasteiger partial charge on any atom is 0.123 e. The molecular weight excluding hydrogens is 180 g/mol. The Balaban J connectivity index is 1.71. The van der Waals surface area contributed by atoms with Crippen molar-refractivity contribution in [1.82, 2.24) is 0 Å². The smallest absolute Gasteiger partial charge is 0.123 e. The average Bonchev–Trinajstić information content (AvgIpc) is 3.11. The molecule has 0 bridgehead atoms. The van der Waals surface area contributed by atoms with Crippen molar-refractivity contribution in [1.29, 1.82) is 0 Å². The highest BCUT2D eigenvalue weighted by atomic mass is 16.6. The Morgan fingerprint density at radius 3 is 2.71 bits per heavy atom. The summed E-state index contributed by atoms with van der Waals surface area (Å²) < 4.78 is 11.2. The molecule has 4 aliphatic rings. The van der Waals surface area contributed by atoms with Gasteiger partial charge in [0.05, 0.1) is 12.7 Å². The van der Waals surface area contributed by atoms with Gasteiger partial charge in [0, 0.05) is 0 Å². The van der Waals surface area contributed by atoms with E-state index in [1.165, 1.54) is 25.7 Å². The molecule has 14 heavy (non-hydrogen) atoms. The quantitative estimate of drug-likeness (QED) is 0.580. The Labute approximate surface area is 83.4 Å². The maximum atomic E-state index is 10.1. The molecule has 0 aromatic heterocycles. The van der Waals surface area contributed by atoms with E-state index in [-0.39, 0.29) is 17.8 Å². The second kappa shape index (κ2) is 2.34. The van der Waals surface area contributed by atoms with Crippen molar-refractivity contribution in [3.63, 3.8) is 0 Å². The maximum absolute atomic E-state index is 10.1.